The molecule has 2 rings (SSSR count). The minimum absolute atomic E-state index is 0.544. The van der Waals surface area contributed by atoms with Gasteiger partial charge in [-0.2, -0.15) is 0 Å². The van der Waals surface area contributed by atoms with Gasteiger partial charge in [-0.05, 0) is 6.92 Å². The molecule has 0 aromatic carbocycles. The summed E-state index contributed by atoms with van der Waals surface area (Å²) in [6, 6.07) is 0. The highest BCUT2D eigenvalue weighted by Gasteiger charge is 2.11. The standard InChI is InChI=1S/C10H11N3OS/c1-7-3-13-9(5-12-7)10(14)2-8-4-11-6-15-8/h3-6,10,14H,2H2,1H3. The molecule has 0 radical (unpaired) electrons. The highest BCUT2D eigenvalue weighted by atomic mass is 32.1. The second-order valence-electron chi connectivity index (χ2n) is 3.27. The Bertz CT molecular complexity index is 413. The SMILES string of the molecule is Cc1cnc(C(O)Cc2cncs2)cn1. The Morgan fingerprint density at radius 3 is 2.80 bits per heavy atom. The van der Waals surface area contributed by atoms with E-state index >= 15 is 0 Å². The third kappa shape index (κ3) is 2.57. The van der Waals surface area contributed by atoms with Gasteiger partial charge < -0.3 is 5.11 Å². The summed E-state index contributed by atoms with van der Waals surface area (Å²) in [5, 5.41) is 9.86. The first-order valence-corrected chi connectivity index (χ1v) is 5.47. The molecule has 1 atom stereocenters. The van der Waals surface area contributed by atoms with Crippen LogP contribution in [0.1, 0.15) is 22.4 Å². The molecular formula is C10H11N3OS. The lowest BCUT2D eigenvalue weighted by atomic mass is 10.2. The Morgan fingerprint density at radius 1 is 1.33 bits per heavy atom. The van der Waals surface area contributed by atoms with E-state index in [0.29, 0.717) is 12.1 Å². The first-order chi connectivity index (χ1) is 7.25. The smallest absolute Gasteiger partial charge is 0.102 e. The van der Waals surface area contributed by atoms with E-state index in [1.54, 1.807) is 24.1 Å². The molecule has 0 aliphatic rings. The molecule has 5 heteroatoms. The lowest BCUT2D eigenvalue weighted by molar-refractivity contribution is 0.174. The fraction of sp³-hybridized carbons (Fsp3) is 0.300. The Hall–Kier alpha value is -1.33. The fourth-order valence-corrected chi connectivity index (χ4v) is 1.85. The van der Waals surface area contributed by atoms with Gasteiger partial charge in [0.1, 0.15) is 6.10 Å². The molecular weight excluding hydrogens is 210 g/mol. The monoisotopic (exact) mass is 221 g/mol. The van der Waals surface area contributed by atoms with Crippen LogP contribution in [-0.4, -0.2) is 20.1 Å². The van der Waals surface area contributed by atoms with Gasteiger partial charge in [0.2, 0.25) is 0 Å². The van der Waals surface area contributed by atoms with Crippen molar-refractivity contribution in [2.45, 2.75) is 19.4 Å². The first kappa shape index (κ1) is 10.2. The molecule has 0 amide bonds. The van der Waals surface area contributed by atoms with Gasteiger partial charge in [-0.3, -0.25) is 15.0 Å². The maximum Gasteiger partial charge on any atom is 0.102 e. The summed E-state index contributed by atoms with van der Waals surface area (Å²) < 4.78 is 0. The molecule has 0 spiro atoms. The van der Waals surface area contributed by atoms with Gasteiger partial charge in [0.25, 0.3) is 0 Å². The van der Waals surface area contributed by atoms with Crippen LogP contribution in [-0.2, 0) is 6.42 Å². The lowest BCUT2D eigenvalue weighted by Crippen LogP contribution is -2.04. The first-order valence-electron chi connectivity index (χ1n) is 4.59. The molecule has 0 fully saturated rings. The fourth-order valence-electron chi connectivity index (χ4n) is 1.21. The number of aryl methyl sites for hydroxylation is 1. The van der Waals surface area contributed by atoms with E-state index in [2.05, 4.69) is 15.0 Å². The van der Waals surface area contributed by atoms with Crippen molar-refractivity contribution in [2.24, 2.45) is 0 Å². The number of hydrogen-bond acceptors (Lipinski definition) is 5. The molecule has 2 aromatic heterocycles. The van der Waals surface area contributed by atoms with Crippen molar-refractivity contribution in [1.82, 2.24) is 15.0 Å². The number of aromatic nitrogens is 3. The van der Waals surface area contributed by atoms with Crippen molar-refractivity contribution in [3.63, 3.8) is 0 Å². The quantitative estimate of drug-likeness (QED) is 0.853. The molecule has 2 aromatic rings. The van der Waals surface area contributed by atoms with Crippen LogP contribution in [0.25, 0.3) is 0 Å². The van der Waals surface area contributed by atoms with E-state index in [1.807, 2.05) is 6.92 Å². The predicted molar refractivity (Wildman–Crippen MR) is 57.5 cm³/mol. The molecule has 0 aliphatic heterocycles. The molecule has 0 saturated heterocycles. The van der Waals surface area contributed by atoms with Gasteiger partial charge in [0.15, 0.2) is 0 Å². The van der Waals surface area contributed by atoms with Crippen molar-refractivity contribution in [3.8, 4) is 0 Å². The van der Waals surface area contributed by atoms with Crippen LogP contribution in [0.3, 0.4) is 0 Å². The zero-order chi connectivity index (χ0) is 10.7. The average Bonchev–Trinajstić information content (AvgIpc) is 2.71. The van der Waals surface area contributed by atoms with Crippen LogP contribution >= 0.6 is 11.3 Å². The zero-order valence-corrected chi connectivity index (χ0v) is 9.11. The minimum atomic E-state index is -0.599. The van der Waals surface area contributed by atoms with Gasteiger partial charge >= 0.3 is 0 Å². The van der Waals surface area contributed by atoms with E-state index in [0.717, 1.165) is 10.6 Å². The minimum Gasteiger partial charge on any atom is -0.386 e. The van der Waals surface area contributed by atoms with Crippen LogP contribution in [0.15, 0.2) is 24.1 Å². The zero-order valence-electron chi connectivity index (χ0n) is 8.29. The van der Waals surface area contributed by atoms with Crippen molar-refractivity contribution in [1.29, 1.82) is 0 Å². The van der Waals surface area contributed by atoms with Gasteiger partial charge in [-0.15, -0.1) is 11.3 Å². The Labute approximate surface area is 91.7 Å². The predicted octanol–water partition coefficient (Wildman–Crippen LogP) is 1.52. The van der Waals surface area contributed by atoms with Gasteiger partial charge in [0, 0.05) is 23.7 Å². The van der Waals surface area contributed by atoms with Crippen LogP contribution in [0.2, 0.25) is 0 Å². The Balaban J connectivity index is 2.08. The number of nitrogens with zero attached hydrogens (tertiary/aromatic N) is 3. The molecule has 0 saturated carbocycles. The number of aliphatic hydroxyl groups is 1. The molecule has 1 unspecified atom stereocenters. The van der Waals surface area contributed by atoms with Crippen LogP contribution < -0.4 is 0 Å². The van der Waals surface area contributed by atoms with Crippen LogP contribution in [0.4, 0.5) is 0 Å². The van der Waals surface area contributed by atoms with Crippen molar-refractivity contribution in [3.05, 3.63) is 40.4 Å². The van der Waals surface area contributed by atoms with E-state index in [9.17, 15) is 5.11 Å². The molecule has 1 N–H and O–H groups in total. The number of rotatable bonds is 3. The molecule has 2 heterocycles. The van der Waals surface area contributed by atoms with Gasteiger partial charge in [-0.25, -0.2) is 0 Å². The van der Waals surface area contributed by atoms with E-state index < -0.39 is 6.10 Å². The van der Waals surface area contributed by atoms with E-state index in [-0.39, 0.29) is 0 Å². The summed E-state index contributed by atoms with van der Waals surface area (Å²) in [5.74, 6) is 0. The number of aliphatic hydroxyl groups excluding tert-OH is 1. The third-order valence-corrected chi connectivity index (χ3v) is 2.82. The van der Waals surface area contributed by atoms with Crippen molar-refractivity contribution < 1.29 is 5.11 Å². The molecule has 4 nitrogen and oxygen atoms in total. The van der Waals surface area contributed by atoms with E-state index in [4.69, 9.17) is 0 Å². The lowest BCUT2D eigenvalue weighted by Gasteiger charge is -2.07. The number of hydrogen-bond donors (Lipinski definition) is 1. The van der Waals surface area contributed by atoms with Gasteiger partial charge in [0.05, 0.1) is 23.1 Å². The normalized spacial score (nSPS) is 12.7. The summed E-state index contributed by atoms with van der Waals surface area (Å²) in [5.41, 5.74) is 3.21. The summed E-state index contributed by atoms with van der Waals surface area (Å²) in [6.07, 6.45) is 4.98. The Kier molecular flexibility index (Phi) is 3.03. The third-order valence-electron chi connectivity index (χ3n) is 2.02. The highest BCUT2D eigenvalue weighted by molar-refractivity contribution is 7.09. The van der Waals surface area contributed by atoms with Crippen LogP contribution in [0.5, 0.6) is 0 Å². The molecule has 15 heavy (non-hydrogen) atoms. The summed E-state index contributed by atoms with van der Waals surface area (Å²) >= 11 is 1.53. The van der Waals surface area contributed by atoms with Crippen molar-refractivity contribution >= 4 is 11.3 Å². The summed E-state index contributed by atoms with van der Waals surface area (Å²) in [6.45, 7) is 1.87. The maximum absolute atomic E-state index is 9.86. The van der Waals surface area contributed by atoms with Gasteiger partial charge in [-0.1, -0.05) is 0 Å². The highest BCUT2D eigenvalue weighted by Crippen LogP contribution is 2.17. The summed E-state index contributed by atoms with van der Waals surface area (Å²) in [7, 11) is 0. The van der Waals surface area contributed by atoms with E-state index in [1.165, 1.54) is 11.3 Å². The van der Waals surface area contributed by atoms with Crippen molar-refractivity contribution in [2.75, 3.05) is 0 Å². The second kappa shape index (κ2) is 4.46. The van der Waals surface area contributed by atoms with Crippen LogP contribution in [0, 0.1) is 6.92 Å². The second-order valence-corrected chi connectivity index (χ2v) is 4.24. The molecule has 78 valence electrons. The molecule has 0 aliphatic carbocycles. The number of thiazole rings is 1. The topological polar surface area (TPSA) is 58.9 Å². The molecule has 0 bridgehead atoms. The Morgan fingerprint density at radius 2 is 2.20 bits per heavy atom. The summed E-state index contributed by atoms with van der Waals surface area (Å²) in [4.78, 5) is 13.2. The maximum atomic E-state index is 9.86. The largest absolute Gasteiger partial charge is 0.386 e. The average molecular weight is 221 g/mol.